The molecule has 0 bridgehead atoms. The van der Waals surface area contributed by atoms with Crippen LogP contribution in [0.2, 0.25) is 0 Å². The minimum absolute atomic E-state index is 0.0857. The van der Waals surface area contributed by atoms with E-state index in [4.69, 9.17) is 10.5 Å². The molecule has 0 atom stereocenters. The highest BCUT2D eigenvalue weighted by Crippen LogP contribution is 2.13. The van der Waals surface area contributed by atoms with Crippen molar-refractivity contribution in [2.24, 2.45) is 0 Å². The summed E-state index contributed by atoms with van der Waals surface area (Å²) in [6.07, 6.45) is 4.64. The highest BCUT2D eigenvalue weighted by Gasteiger charge is 2.07. The number of hydrogen-bond donors (Lipinski definition) is 1. The van der Waals surface area contributed by atoms with E-state index in [-0.39, 0.29) is 12.0 Å². The number of ether oxygens (including phenoxy) is 1. The monoisotopic (exact) mass is 204 g/mol. The van der Waals surface area contributed by atoms with Crippen LogP contribution >= 0.6 is 0 Å². The summed E-state index contributed by atoms with van der Waals surface area (Å²) in [6.45, 7) is 0. The second-order valence-corrected chi connectivity index (χ2v) is 2.59. The van der Waals surface area contributed by atoms with Crippen molar-refractivity contribution in [3.8, 4) is 17.5 Å². The van der Waals surface area contributed by atoms with Crippen LogP contribution in [-0.2, 0) is 0 Å². The third-order valence-electron chi connectivity index (χ3n) is 1.61. The maximum atomic E-state index is 5.48. The van der Waals surface area contributed by atoms with E-state index in [9.17, 15) is 0 Å². The van der Waals surface area contributed by atoms with Gasteiger partial charge in [0, 0.05) is 12.4 Å². The molecule has 0 saturated carbocycles. The number of aromatic nitrogens is 5. The highest BCUT2D eigenvalue weighted by molar-refractivity contribution is 5.48. The molecule has 7 heteroatoms. The van der Waals surface area contributed by atoms with E-state index in [2.05, 4.69) is 24.9 Å². The fourth-order valence-electron chi connectivity index (χ4n) is 0.992. The van der Waals surface area contributed by atoms with Gasteiger partial charge < -0.3 is 10.5 Å². The second kappa shape index (κ2) is 3.82. The fraction of sp³-hybridized carbons (Fsp3) is 0.125. The number of nitrogen functional groups attached to an aromatic ring is 1. The third kappa shape index (κ3) is 1.96. The van der Waals surface area contributed by atoms with Gasteiger partial charge in [0.05, 0.1) is 13.3 Å². The molecule has 0 amide bonds. The van der Waals surface area contributed by atoms with Gasteiger partial charge in [0.25, 0.3) is 0 Å². The van der Waals surface area contributed by atoms with Gasteiger partial charge in [-0.2, -0.15) is 15.0 Å². The van der Waals surface area contributed by atoms with Crippen LogP contribution in [-0.4, -0.2) is 32.0 Å². The summed E-state index contributed by atoms with van der Waals surface area (Å²) in [7, 11) is 1.45. The van der Waals surface area contributed by atoms with Gasteiger partial charge in [-0.05, 0) is 0 Å². The maximum Gasteiger partial charge on any atom is 0.321 e. The van der Waals surface area contributed by atoms with Crippen LogP contribution in [0.4, 0.5) is 5.95 Å². The van der Waals surface area contributed by atoms with E-state index in [1.54, 1.807) is 12.4 Å². The van der Waals surface area contributed by atoms with Crippen molar-refractivity contribution in [2.45, 2.75) is 0 Å². The van der Waals surface area contributed by atoms with Crippen molar-refractivity contribution in [1.29, 1.82) is 0 Å². The number of nitrogens with zero attached hydrogens (tertiary/aromatic N) is 5. The summed E-state index contributed by atoms with van der Waals surface area (Å²) in [6, 6.07) is 0.156. The first-order valence-corrected chi connectivity index (χ1v) is 4.11. The first-order valence-electron chi connectivity index (χ1n) is 4.11. The molecule has 0 unspecified atom stereocenters. The van der Waals surface area contributed by atoms with E-state index in [0.29, 0.717) is 11.5 Å². The average Bonchev–Trinajstić information content (AvgIpc) is 2.29. The summed E-state index contributed by atoms with van der Waals surface area (Å²) in [5.41, 5.74) is 6.00. The predicted octanol–water partition coefficient (Wildman–Crippen LogP) is -0.0806. The summed E-state index contributed by atoms with van der Waals surface area (Å²) in [5, 5.41) is 0. The van der Waals surface area contributed by atoms with E-state index in [1.807, 2.05) is 0 Å². The van der Waals surface area contributed by atoms with Crippen molar-refractivity contribution < 1.29 is 4.74 Å². The van der Waals surface area contributed by atoms with Gasteiger partial charge in [-0.1, -0.05) is 0 Å². The highest BCUT2D eigenvalue weighted by atomic mass is 16.5. The smallest absolute Gasteiger partial charge is 0.321 e. The van der Waals surface area contributed by atoms with Gasteiger partial charge in [-0.15, -0.1) is 0 Å². The molecule has 15 heavy (non-hydrogen) atoms. The third-order valence-corrected chi connectivity index (χ3v) is 1.61. The lowest BCUT2D eigenvalue weighted by atomic mass is 10.4. The molecular formula is C8H8N6O. The summed E-state index contributed by atoms with van der Waals surface area (Å²) in [4.78, 5) is 19.6. The Labute approximate surface area is 85.4 Å². The van der Waals surface area contributed by atoms with Gasteiger partial charge in [0.15, 0.2) is 5.82 Å². The SMILES string of the molecule is COc1nc(N)nc(-c2cnccn2)n1. The Morgan fingerprint density at radius 1 is 1.20 bits per heavy atom. The number of hydrogen-bond acceptors (Lipinski definition) is 7. The Hall–Kier alpha value is -2.31. The fourth-order valence-corrected chi connectivity index (χ4v) is 0.992. The Morgan fingerprint density at radius 3 is 2.73 bits per heavy atom. The molecule has 0 aromatic carbocycles. The van der Waals surface area contributed by atoms with Gasteiger partial charge in [0.1, 0.15) is 5.69 Å². The van der Waals surface area contributed by atoms with Crippen molar-refractivity contribution in [2.75, 3.05) is 12.8 Å². The second-order valence-electron chi connectivity index (χ2n) is 2.59. The molecule has 0 aliphatic heterocycles. The number of rotatable bonds is 2. The molecule has 2 aromatic rings. The van der Waals surface area contributed by atoms with Gasteiger partial charge in [0.2, 0.25) is 5.95 Å². The van der Waals surface area contributed by atoms with Crippen LogP contribution in [0.5, 0.6) is 6.01 Å². The molecule has 2 heterocycles. The molecule has 0 saturated heterocycles. The molecule has 2 N–H and O–H groups in total. The number of nitrogens with two attached hydrogens (primary N) is 1. The van der Waals surface area contributed by atoms with Gasteiger partial charge in [-0.3, -0.25) is 4.98 Å². The Balaban J connectivity index is 2.49. The molecule has 0 aliphatic carbocycles. The minimum atomic E-state index is 0.0857. The molecule has 7 nitrogen and oxygen atoms in total. The molecule has 0 fully saturated rings. The lowest BCUT2D eigenvalue weighted by Crippen LogP contribution is -2.03. The van der Waals surface area contributed by atoms with Crippen LogP contribution in [0, 0.1) is 0 Å². The molecule has 76 valence electrons. The molecular weight excluding hydrogens is 196 g/mol. The topological polar surface area (TPSA) is 99.7 Å². The van der Waals surface area contributed by atoms with Crippen molar-refractivity contribution >= 4 is 5.95 Å². The van der Waals surface area contributed by atoms with E-state index in [0.717, 1.165) is 0 Å². The largest absolute Gasteiger partial charge is 0.467 e. The number of anilines is 1. The standard InChI is InChI=1S/C8H8N6O/c1-15-8-13-6(12-7(9)14-8)5-4-10-2-3-11-5/h2-4H,1H3,(H2,9,12,13,14). The molecule has 2 rings (SSSR count). The molecule has 0 radical (unpaired) electrons. The Morgan fingerprint density at radius 2 is 2.07 bits per heavy atom. The van der Waals surface area contributed by atoms with Gasteiger partial charge >= 0.3 is 6.01 Å². The average molecular weight is 204 g/mol. The van der Waals surface area contributed by atoms with Crippen LogP contribution < -0.4 is 10.5 Å². The van der Waals surface area contributed by atoms with Crippen molar-refractivity contribution in [3.63, 3.8) is 0 Å². The first-order chi connectivity index (χ1) is 7.29. The van der Waals surface area contributed by atoms with Crippen molar-refractivity contribution in [1.82, 2.24) is 24.9 Å². The van der Waals surface area contributed by atoms with Crippen LogP contribution in [0.25, 0.3) is 11.5 Å². The minimum Gasteiger partial charge on any atom is -0.467 e. The maximum absolute atomic E-state index is 5.48. The Bertz CT molecular complexity index is 460. The van der Waals surface area contributed by atoms with E-state index in [1.165, 1.54) is 13.3 Å². The van der Waals surface area contributed by atoms with E-state index >= 15 is 0 Å². The molecule has 2 aromatic heterocycles. The normalized spacial score (nSPS) is 9.93. The zero-order valence-electron chi connectivity index (χ0n) is 7.95. The summed E-state index contributed by atoms with van der Waals surface area (Å²) in [5.74, 6) is 0.426. The quantitative estimate of drug-likeness (QED) is 0.730. The predicted molar refractivity (Wildman–Crippen MR) is 51.8 cm³/mol. The zero-order valence-corrected chi connectivity index (χ0v) is 7.95. The summed E-state index contributed by atoms with van der Waals surface area (Å²) < 4.78 is 4.87. The Kier molecular flexibility index (Phi) is 2.36. The first kappa shape index (κ1) is 9.25. The lowest BCUT2D eigenvalue weighted by molar-refractivity contribution is 0.379. The van der Waals surface area contributed by atoms with Crippen molar-refractivity contribution in [3.05, 3.63) is 18.6 Å². The van der Waals surface area contributed by atoms with Crippen LogP contribution in [0.1, 0.15) is 0 Å². The summed E-state index contributed by atoms with van der Waals surface area (Å²) >= 11 is 0. The van der Waals surface area contributed by atoms with E-state index < -0.39 is 0 Å². The van der Waals surface area contributed by atoms with Crippen LogP contribution in [0.3, 0.4) is 0 Å². The van der Waals surface area contributed by atoms with Crippen LogP contribution in [0.15, 0.2) is 18.6 Å². The zero-order chi connectivity index (χ0) is 10.7. The molecule has 0 spiro atoms. The lowest BCUT2D eigenvalue weighted by Gasteiger charge is -2.01. The van der Waals surface area contributed by atoms with Gasteiger partial charge in [-0.25, -0.2) is 4.98 Å². The molecule has 0 aliphatic rings. The number of methoxy groups -OCH3 is 1.